The molecule has 18 heteroatoms. The van der Waals surface area contributed by atoms with Crippen molar-refractivity contribution in [3.63, 3.8) is 0 Å². The van der Waals surface area contributed by atoms with Crippen molar-refractivity contribution in [2.45, 2.75) is 60.7 Å². The van der Waals surface area contributed by atoms with Gasteiger partial charge in [0.05, 0.1) is 0 Å². The van der Waals surface area contributed by atoms with Crippen molar-refractivity contribution >= 4 is 5.97 Å². The smallest absolute Gasteiger partial charge is 0.384 e. The number of carboxylic acids is 1. The topological polar surface area (TPSA) is 37.3 Å². The third-order valence-electron chi connectivity index (χ3n) is 3.77. The Morgan fingerprint density at radius 1 is 0.677 bits per heavy atom. The highest BCUT2D eigenvalue weighted by atomic mass is 19.4. The van der Waals surface area contributed by atoms with Crippen LogP contribution in [-0.4, -0.2) is 59.0 Å². The van der Waals surface area contributed by atoms with Crippen molar-refractivity contribution in [2.24, 2.45) is 0 Å². The molecule has 0 saturated carbocycles. The largest absolute Gasteiger partial charge is 0.478 e. The van der Waals surface area contributed by atoms with E-state index in [0.717, 1.165) is 0 Å². The predicted octanol–water partition coefficient (Wildman–Crippen LogP) is 6.12. The number of hydrogen-bond acceptors (Lipinski definition) is 1. The zero-order chi connectivity index (χ0) is 25.6. The lowest BCUT2D eigenvalue weighted by molar-refractivity contribution is -0.447. The van der Waals surface area contributed by atoms with Crippen LogP contribution in [0.4, 0.5) is 70.2 Å². The van der Waals surface area contributed by atoms with Gasteiger partial charge in [-0.1, -0.05) is 6.58 Å². The molecule has 0 bridgehead atoms. The minimum atomic E-state index is -8.46. The lowest BCUT2D eigenvalue weighted by Crippen LogP contribution is -2.73. The SMILES string of the molecule is C=C(CCC(F)(F)C(F)(F)C(F)(F)C(F)(F)C(F)(F)C(F)(F)C(F)(F)C(F)F)C(=O)O. The number of carbonyl (C=O) groups is 1. The average molecular weight is 500 g/mol. The summed E-state index contributed by atoms with van der Waals surface area (Å²) in [7, 11) is 0. The van der Waals surface area contributed by atoms with Gasteiger partial charge in [-0.15, -0.1) is 0 Å². The van der Waals surface area contributed by atoms with E-state index in [4.69, 9.17) is 5.11 Å². The molecule has 31 heavy (non-hydrogen) atoms. The number of hydrogen-bond donors (Lipinski definition) is 1. The molecule has 0 aliphatic carbocycles. The van der Waals surface area contributed by atoms with Gasteiger partial charge in [-0.2, -0.15) is 61.5 Å². The minimum Gasteiger partial charge on any atom is -0.478 e. The van der Waals surface area contributed by atoms with Gasteiger partial charge >= 0.3 is 53.9 Å². The van der Waals surface area contributed by atoms with Gasteiger partial charge in [0.15, 0.2) is 0 Å². The third-order valence-corrected chi connectivity index (χ3v) is 3.77. The molecule has 0 atom stereocenters. The number of rotatable bonds is 11. The Morgan fingerprint density at radius 3 is 1.32 bits per heavy atom. The van der Waals surface area contributed by atoms with Crippen molar-refractivity contribution in [2.75, 3.05) is 0 Å². The first-order valence-corrected chi connectivity index (χ1v) is 7.11. The maximum Gasteiger partial charge on any atom is 0.384 e. The molecule has 2 nitrogen and oxygen atoms in total. The fourth-order valence-corrected chi connectivity index (χ4v) is 1.74. The molecule has 0 heterocycles. The second kappa shape index (κ2) is 7.90. The first-order valence-electron chi connectivity index (χ1n) is 7.11. The van der Waals surface area contributed by atoms with Crippen LogP contribution in [0.5, 0.6) is 0 Å². The molecule has 0 fully saturated rings. The Balaban J connectivity index is 6.43. The monoisotopic (exact) mass is 500 g/mol. The molecule has 184 valence electrons. The molecular weight excluding hydrogens is 492 g/mol. The van der Waals surface area contributed by atoms with Crippen molar-refractivity contribution in [1.82, 2.24) is 0 Å². The number of alkyl halides is 16. The molecule has 0 aromatic rings. The van der Waals surface area contributed by atoms with E-state index in [9.17, 15) is 75.0 Å². The second-order valence-electron chi connectivity index (χ2n) is 5.91. The number of carboxylic acid groups (broad SMARTS) is 1. The fraction of sp³-hybridized carbons (Fsp3) is 0.769. The first-order chi connectivity index (χ1) is 13.3. The van der Waals surface area contributed by atoms with Crippen LogP contribution < -0.4 is 0 Å². The highest BCUT2D eigenvalue weighted by molar-refractivity contribution is 5.85. The molecule has 1 N–H and O–H groups in total. The molecule has 0 amide bonds. The summed E-state index contributed by atoms with van der Waals surface area (Å²) in [5.74, 6) is -57.2. The lowest BCUT2D eigenvalue weighted by atomic mass is 9.88. The van der Waals surface area contributed by atoms with Crippen molar-refractivity contribution in [3.05, 3.63) is 12.2 Å². The maximum absolute atomic E-state index is 13.4. The van der Waals surface area contributed by atoms with Gasteiger partial charge in [-0.05, 0) is 6.42 Å². The van der Waals surface area contributed by atoms with Crippen LogP contribution >= 0.6 is 0 Å². The van der Waals surface area contributed by atoms with Crippen LogP contribution in [0.3, 0.4) is 0 Å². The summed E-state index contributed by atoms with van der Waals surface area (Å²) in [4.78, 5) is 10.3. The van der Waals surface area contributed by atoms with E-state index in [0.29, 0.717) is 0 Å². The average Bonchev–Trinajstić information content (AvgIpc) is 2.58. The van der Waals surface area contributed by atoms with Crippen LogP contribution in [0.25, 0.3) is 0 Å². The molecule has 0 unspecified atom stereocenters. The minimum absolute atomic E-state index is 1.39. The summed E-state index contributed by atoms with van der Waals surface area (Å²) < 4.78 is 208. The maximum atomic E-state index is 13.4. The van der Waals surface area contributed by atoms with Gasteiger partial charge in [0.1, 0.15) is 0 Å². The molecule has 0 aliphatic rings. The van der Waals surface area contributed by atoms with Crippen molar-refractivity contribution in [3.8, 4) is 0 Å². The molecule has 0 radical (unpaired) electrons. The first kappa shape index (κ1) is 29.1. The highest BCUT2D eigenvalue weighted by Crippen LogP contribution is 2.63. The van der Waals surface area contributed by atoms with Gasteiger partial charge in [-0.3, -0.25) is 0 Å². The van der Waals surface area contributed by atoms with Gasteiger partial charge in [0.2, 0.25) is 0 Å². The molecule has 0 aromatic heterocycles. The van der Waals surface area contributed by atoms with E-state index in [1.54, 1.807) is 0 Å². The quantitative estimate of drug-likeness (QED) is 0.274. The van der Waals surface area contributed by atoms with E-state index in [-0.39, 0.29) is 0 Å². The molecular formula is C13H8F16O2. The van der Waals surface area contributed by atoms with Crippen LogP contribution in [0.1, 0.15) is 12.8 Å². The highest BCUT2D eigenvalue weighted by Gasteiger charge is 2.93. The van der Waals surface area contributed by atoms with Crippen LogP contribution in [0.15, 0.2) is 12.2 Å². The Bertz CT molecular complexity index is 696. The molecule has 0 saturated heterocycles. The predicted molar refractivity (Wildman–Crippen MR) is 66.6 cm³/mol. The Hall–Kier alpha value is -1.91. The molecule has 0 aromatic carbocycles. The Morgan fingerprint density at radius 2 is 1.00 bits per heavy atom. The van der Waals surface area contributed by atoms with Crippen LogP contribution in [0.2, 0.25) is 0 Å². The van der Waals surface area contributed by atoms with Gasteiger partial charge in [0, 0.05) is 12.0 Å². The van der Waals surface area contributed by atoms with E-state index in [2.05, 4.69) is 6.58 Å². The lowest BCUT2D eigenvalue weighted by Gasteiger charge is -2.42. The molecule has 0 aliphatic heterocycles. The van der Waals surface area contributed by atoms with E-state index in [1.165, 1.54) is 0 Å². The number of halogens is 16. The van der Waals surface area contributed by atoms with Crippen molar-refractivity contribution in [1.29, 1.82) is 0 Å². The standard InChI is InChI=1S/C13H8F16O2/c1-4(5(30)31)2-3-7(16,17)9(20,21)11(24,25)13(28,29)12(26,27)10(22,23)8(18,19)6(14)15/h6H,1-3H2,(H,30,31). The van der Waals surface area contributed by atoms with Crippen molar-refractivity contribution < 1.29 is 80.1 Å². The van der Waals surface area contributed by atoms with Crippen LogP contribution in [0, 0.1) is 0 Å². The summed E-state index contributed by atoms with van der Waals surface area (Å²) in [5, 5.41) is 8.27. The van der Waals surface area contributed by atoms with Crippen LogP contribution in [-0.2, 0) is 4.79 Å². The normalized spacial score (nSPS) is 15.4. The van der Waals surface area contributed by atoms with E-state index >= 15 is 0 Å². The Kier molecular flexibility index (Phi) is 7.41. The molecule has 0 rings (SSSR count). The fourth-order valence-electron chi connectivity index (χ4n) is 1.74. The zero-order valence-corrected chi connectivity index (χ0v) is 14.1. The second-order valence-corrected chi connectivity index (χ2v) is 5.91. The van der Waals surface area contributed by atoms with Gasteiger partial charge in [0.25, 0.3) is 0 Å². The molecule has 0 spiro atoms. The summed E-state index contributed by atoms with van der Waals surface area (Å²) in [6, 6.07) is 0. The van der Waals surface area contributed by atoms with Gasteiger partial charge in [-0.25, -0.2) is 13.6 Å². The summed E-state index contributed by atoms with van der Waals surface area (Å²) in [6.07, 6.45) is -10.5. The van der Waals surface area contributed by atoms with E-state index < -0.39 is 72.3 Å². The third kappa shape index (κ3) is 4.12. The zero-order valence-electron chi connectivity index (χ0n) is 14.1. The summed E-state index contributed by atoms with van der Waals surface area (Å²) in [5.41, 5.74) is -1.39. The van der Waals surface area contributed by atoms with E-state index in [1.807, 2.05) is 0 Å². The summed E-state index contributed by atoms with van der Waals surface area (Å²) >= 11 is 0. The Labute approximate surface area is 160 Å². The number of aliphatic carboxylic acids is 1. The van der Waals surface area contributed by atoms with Gasteiger partial charge < -0.3 is 5.11 Å². The summed E-state index contributed by atoms with van der Waals surface area (Å²) in [6.45, 7) is 2.48.